The molecule has 2 aromatic carbocycles. The van der Waals surface area contributed by atoms with Crippen molar-refractivity contribution in [1.29, 1.82) is 0 Å². The third-order valence-electron chi connectivity index (χ3n) is 5.04. The van der Waals surface area contributed by atoms with E-state index < -0.39 is 12.1 Å². The lowest BCUT2D eigenvalue weighted by atomic mass is 10.0. The van der Waals surface area contributed by atoms with E-state index in [2.05, 4.69) is 15.3 Å². The highest BCUT2D eigenvalue weighted by atomic mass is 16.6. The molecule has 2 N–H and O–H groups in total. The first-order valence-electron chi connectivity index (χ1n) is 9.83. The number of nitrogens with zero attached hydrogens (tertiary/aromatic N) is 1. The molecule has 3 aromatic rings. The highest BCUT2D eigenvalue weighted by Crippen LogP contribution is 2.43. The minimum Gasteiger partial charge on any atom is -0.493 e. The van der Waals surface area contributed by atoms with E-state index in [1.165, 1.54) is 20.3 Å². The van der Waals surface area contributed by atoms with E-state index in [0.29, 0.717) is 34.1 Å². The lowest BCUT2D eigenvalue weighted by Gasteiger charge is -2.13. The summed E-state index contributed by atoms with van der Waals surface area (Å²) in [5.41, 5.74) is 2.34. The van der Waals surface area contributed by atoms with Crippen molar-refractivity contribution in [1.82, 2.24) is 9.97 Å². The first kappa shape index (κ1) is 21.1. The molecule has 9 nitrogen and oxygen atoms in total. The Kier molecular flexibility index (Phi) is 5.63. The summed E-state index contributed by atoms with van der Waals surface area (Å²) >= 11 is 0. The van der Waals surface area contributed by atoms with Crippen LogP contribution < -0.4 is 20.3 Å². The Morgan fingerprint density at radius 3 is 2.69 bits per heavy atom. The SMILES string of the molecule is COc1ccc2c(c1OC)C(=O)O[C@@H]2CC(=O)Nc1cccc(-c2nc(C)cc(=O)[nH]2)c1. The van der Waals surface area contributed by atoms with Gasteiger partial charge in [-0.05, 0) is 25.1 Å². The first-order chi connectivity index (χ1) is 15.4. The van der Waals surface area contributed by atoms with Crippen molar-refractivity contribution in [3.05, 3.63) is 69.6 Å². The second kappa shape index (κ2) is 8.54. The van der Waals surface area contributed by atoms with Crippen molar-refractivity contribution < 1.29 is 23.8 Å². The molecule has 1 amide bonds. The van der Waals surface area contributed by atoms with Crippen LogP contribution >= 0.6 is 0 Å². The van der Waals surface area contributed by atoms with Gasteiger partial charge in [0, 0.05) is 28.6 Å². The molecule has 1 aliphatic heterocycles. The number of methoxy groups -OCH3 is 2. The number of ether oxygens (including phenoxy) is 3. The van der Waals surface area contributed by atoms with Crippen LogP contribution in [0.2, 0.25) is 0 Å². The Morgan fingerprint density at radius 2 is 1.97 bits per heavy atom. The van der Waals surface area contributed by atoms with Gasteiger partial charge in [0.05, 0.1) is 20.6 Å². The Balaban J connectivity index is 1.52. The number of benzene rings is 2. The summed E-state index contributed by atoms with van der Waals surface area (Å²) in [5, 5.41) is 2.80. The first-order valence-corrected chi connectivity index (χ1v) is 9.83. The Labute approximate surface area is 183 Å². The number of carbonyl (C=O) groups excluding carboxylic acids is 2. The van der Waals surface area contributed by atoms with E-state index in [9.17, 15) is 14.4 Å². The standard InChI is InChI=1S/C23H21N3O6/c1-12-9-18(27)26-22(24-12)13-5-4-6-14(10-13)25-19(28)11-17-15-7-8-16(30-2)21(31-3)20(15)23(29)32-17/h4-10,17H,11H2,1-3H3,(H,25,28)(H,24,26,27)/t17-/m1/s1. The van der Waals surface area contributed by atoms with E-state index in [-0.39, 0.29) is 29.2 Å². The Morgan fingerprint density at radius 1 is 1.16 bits per heavy atom. The van der Waals surface area contributed by atoms with Gasteiger partial charge < -0.3 is 24.5 Å². The number of esters is 1. The van der Waals surface area contributed by atoms with Gasteiger partial charge in [-0.2, -0.15) is 0 Å². The molecule has 0 fully saturated rings. The third-order valence-corrected chi connectivity index (χ3v) is 5.04. The molecule has 1 aromatic heterocycles. The molecule has 9 heteroatoms. The normalized spacial score (nSPS) is 14.5. The van der Waals surface area contributed by atoms with E-state index >= 15 is 0 Å². The number of cyclic esters (lactones) is 1. The van der Waals surface area contributed by atoms with Gasteiger partial charge in [-0.25, -0.2) is 9.78 Å². The fourth-order valence-electron chi connectivity index (χ4n) is 3.66. The van der Waals surface area contributed by atoms with Crippen LogP contribution in [-0.4, -0.2) is 36.1 Å². The van der Waals surface area contributed by atoms with Crippen LogP contribution in [0.25, 0.3) is 11.4 Å². The maximum atomic E-state index is 12.7. The van der Waals surface area contributed by atoms with Gasteiger partial charge in [-0.1, -0.05) is 18.2 Å². The average Bonchev–Trinajstić information content (AvgIpc) is 3.07. The van der Waals surface area contributed by atoms with Crippen molar-refractivity contribution in [3.63, 3.8) is 0 Å². The number of fused-ring (bicyclic) bond motifs is 1. The lowest BCUT2D eigenvalue weighted by molar-refractivity contribution is -0.118. The molecule has 0 radical (unpaired) electrons. The van der Waals surface area contributed by atoms with Crippen molar-refractivity contribution in [2.75, 3.05) is 19.5 Å². The Hall–Kier alpha value is -4.14. The summed E-state index contributed by atoms with van der Waals surface area (Å²) < 4.78 is 16.0. The molecule has 0 saturated heterocycles. The number of aromatic nitrogens is 2. The van der Waals surface area contributed by atoms with Crippen LogP contribution in [0.4, 0.5) is 5.69 Å². The summed E-state index contributed by atoms with van der Waals surface area (Å²) in [6.45, 7) is 1.73. The van der Waals surface area contributed by atoms with Gasteiger partial charge in [0.15, 0.2) is 11.5 Å². The van der Waals surface area contributed by atoms with Gasteiger partial charge in [0.25, 0.3) is 5.56 Å². The molecule has 0 saturated carbocycles. The van der Waals surface area contributed by atoms with E-state index in [0.717, 1.165) is 0 Å². The minimum absolute atomic E-state index is 0.0714. The van der Waals surface area contributed by atoms with Gasteiger partial charge >= 0.3 is 5.97 Å². The minimum atomic E-state index is -0.740. The molecular weight excluding hydrogens is 414 g/mol. The zero-order valence-corrected chi connectivity index (χ0v) is 17.7. The van der Waals surface area contributed by atoms with Crippen molar-refractivity contribution in [3.8, 4) is 22.9 Å². The summed E-state index contributed by atoms with van der Waals surface area (Å²) in [6.07, 6.45) is -0.812. The van der Waals surface area contributed by atoms with Gasteiger partial charge in [-0.3, -0.25) is 9.59 Å². The predicted molar refractivity (Wildman–Crippen MR) is 116 cm³/mol. The number of anilines is 1. The van der Waals surface area contributed by atoms with Crippen LogP contribution in [0.3, 0.4) is 0 Å². The molecule has 0 bridgehead atoms. The number of hydrogen-bond donors (Lipinski definition) is 2. The number of aromatic amines is 1. The molecule has 0 spiro atoms. The van der Waals surface area contributed by atoms with E-state index in [4.69, 9.17) is 14.2 Å². The largest absolute Gasteiger partial charge is 0.493 e. The maximum absolute atomic E-state index is 12.7. The number of aryl methyl sites for hydroxylation is 1. The van der Waals surface area contributed by atoms with Crippen LogP contribution in [0.15, 0.2) is 47.3 Å². The Bertz CT molecular complexity index is 1270. The number of hydrogen-bond acceptors (Lipinski definition) is 7. The second-order valence-corrected chi connectivity index (χ2v) is 7.23. The summed E-state index contributed by atoms with van der Waals surface area (Å²) in [5.74, 6) is 0.197. The van der Waals surface area contributed by atoms with E-state index in [1.54, 1.807) is 43.3 Å². The number of nitrogens with one attached hydrogen (secondary N) is 2. The van der Waals surface area contributed by atoms with Crippen molar-refractivity contribution in [2.24, 2.45) is 0 Å². The van der Waals surface area contributed by atoms with Crippen LogP contribution in [0.5, 0.6) is 11.5 Å². The van der Waals surface area contributed by atoms with Gasteiger partial charge in [0.2, 0.25) is 5.91 Å². The van der Waals surface area contributed by atoms with Gasteiger partial charge in [0.1, 0.15) is 17.5 Å². The fraction of sp³-hybridized carbons (Fsp3) is 0.217. The van der Waals surface area contributed by atoms with Crippen LogP contribution in [-0.2, 0) is 9.53 Å². The van der Waals surface area contributed by atoms with Crippen LogP contribution in [0.1, 0.15) is 34.1 Å². The number of amides is 1. The van der Waals surface area contributed by atoms with Crippen LogP contribution in [0, 0.1) is 6.92 Å². The smallest absolute Gasteiger partial charge is 0.343 e. The summed E-state index contributed by atoms with van der Waals surface area (Å²) in [7, 11) is 2.92. The highest BCUT2D eigenvalue weighted by molar-refractivity contribution is 5.99. The topological polar surface area (TPSA) is 120 Å². The summed E-state index contributed by atoms with van der Waals surface area (Å²) in [4.78, 5) is 43.8. The zero-order chi connectivity index (χ0) is 22.8. The molecule has 1 atom stereocenters. The predicted octanol–water partition coefficient (Wildman–Crippen LogP) is 3.00. The van der Waals surface area contributed by atoms with Gasteiger partial charge in [-0.15, -0.1) is 0 Å². The highest BCUT2D eigenvalue weighted by Gasteiger charge is 2.36. The molecule has 0 aliphatic carbocycles. The quantitative estimate of drug-likeness (QED) is 0.571. The van der Waals surface area contributed by atoms with Crippen molar-refractivity contribution in [2.45, 2.75) is 19.4 Å². The fourth-order valence-corrected chi connectivity index (χ4v) is 3.66. The third kappa shape index (κ3) is 4.04. The molecule has 2 heterocycles. The molecular formula is C23H21N3O6. The average molecular weight is 435 g/mol. The maximum Gasteiger partial charge on any atom is 0.343 e. The van der Waals surface area contributed by atoms with Crippen molar-refractivity contribution >= 4 is 17.6 Å². The molecule has 164 valence electrons. The molecule has 1 aliphatic rings. The number of H-pyrrole nitrogens is 1. The second-order valence-electron chi connectivity index (χ2n) is 7.23. The number of carbonyl (C=O) groups is 2. The monoisotopic (exact) mass is 435 g/mol. The number of rotatable bonds is 6. The zero-order valence-electron chi connectivity index (χ0n) is 17.7. The summed E-state index contributed by atoms with van der Waals surface area (Å²) in [6, 6.07) is 11.7. The van der Waals surface area contributed by atoms with E-state index in [1.807, 2.05) is 0 Å². The lowest BCUT2D eigenvalue weighted by Crippen LogP contribution is -2.16. The molecule has 32 heavy (non-hydrogen) atoms. The molecule has 0 unspecified atom stereocenters. The molecule has 4 rings (SSSR count).